The van der Waals surface area contributed by atoms with Crippen LogP contribution >= 0.6 is 0 Å². The zero-order valence-electron chi connectivity index (χ0n) is 25.7. The fourth-order valence-corrected chi connectivity index (χ4v) is 5.63. The van der Waals surface area contributed by atoms with Crippen LogP contribution in [-0.2, 0) is 31.8 Å². The van der Waals surface area contributed by atoms with E-state index >= 15 is 0 Å². The van der Waals surface area contributed by atoms with Crippen molar-refractivity contribution in [1.82, 2.24) is 15.1 Å². The molecule has 0 spiro atoms. The van der Waals surface area contributed by atoms with E-state index in [9.17, 15) is 14.7 Å². The maximum Gasteiger partial charge on any atom is 0.407 e. The van der Waals surface area contributed by atoms with E-state index in [1.165, 1.54) is 6.92 Å². The number of carboxylic acids is 1. The third-order valence-corrected chi connectivity index (χ3v) is 12.3. The molecule has 2 aromatic rings. The van der Waals surface area contributed by atoms with Crippen LogP contribution in [0.4, 0.5) is 4.79 Å². The molecule has 0 saturated heterocycles. The molecule has 2 heterocycles. The zero-order chi connectivity index (χ0) is 30.8. The molecule has 1 aromatic carbocycles. The number of alkyl carbamates (subject to hydrolysis) is 1. The van der Waals surface area contributed by atoms with E-state index in [-0.39, 0.29) is 17.7 Å². The average Bonchev–Trinajstić information content (AvgIpc) is 3.32. The van der Waals surface area contributed by atoms with Crippen LogP contribution in [0.3, 0.4) is 0 Å². The van der Waals surface area contributed by atoms with Gasteiger partial charge in [0.15, 0.2) is 8.32 Å². The van der Waals surface area contributed by atoms with Gasteiger partial charge < -0.3 is 24.3 Å². The molecular weight excluding hydrogens is 544 g/mol. The van der Waals surface area contributed by atoms with Crippen LogP contribution in [0.2, 0.25) is 18.1 Å². The van der Waals surface area contributed by atoms with Crippen molar-refractivity contribution in [2.45, 2.75) is 109 Å². The lowest BCUT2D eigenvalue weighted by atomic mass is 9.90. The van der Waals surface area contributed by atoms with Gasteiger partial charge >= 0.3 is 12.1 Å². The number of ether oxygens (including phenoxy) is 2. The van der Waals surface area contributed by atoms with Crippen molar-refractivity contribution in [3.63, 3.8) is 0 Å². The first kappa shape index (κ1) is 32.6. The number of aliphatic carboxylic acids is 1. The summed E-state index contributed by atoms with van der Waals surface area (Å²) in [7, 11) is -2.14. The molecule has 0 radical (unpaired) electrons. The summed E-state index contributed by atoms with van der Waals surface area (Å²) in [6.07, 6.45) is 3.31. The maximum atomic E-state index is 12.4. The predicted octanol–water partition coefficient (Wildman–Crippen LogP) is 4.89. The highest BCUT2D eigenvalue weighted by molar-refractivity contribution is 6.74. The molecule has 228 valence electrons. The van der Waals surface area contributed by atoms with Gasteiger partial charge in [-0.05, 0) is 81.9 Å². The molecule has 1 aromatic heterocycles. The molecule has 1 aliphatic rings. The number of benzene rings is 1. The molecule has 1 aliphatic heterocycles. The highest BCUT2D eigenvalue weighted by Crippen LogP contribution is 2.38. The number of hydrogen-bond donors (Lipinski definition) is 3. The smallest absolute Gasteiger partial charge is 0.407 e. The van der Waals surface area contributed by atoms with Crippen LogP contribution in [0.1, 0.15) is 60.5 Å². The average molecular weight is 591 g/mol. The summed E-state index contributed by atoms with van der Waals surface area (Å²) in [6.45, 7) is 18.5. The summed E-state index contributed by atoms with van der Waals surface area (Å²) < 4.78 is 19.9. The summed E-state index contributed by atoms with van der Waals surface area (Å²) in [5.41, 5.74) is 0.616. The zero-order valence-corrected chi connectivity index (χ0v) is 26.7. The molecule has 0 fully saturated rings. The topological polar surface area (TPSA) is 147 Å². The number of amides is 1. The number of carbonyl (C=O) groups excluding carboxylic acids is 1. The second-order valence-electron chi connectivity index (χ2n) is 13.3. The van der Waals surface area contributed by atoms with Crippen molar-refractivity contribution in [2.75, 3.05) is 6.54 Å². The molecule has 0 bridgehead atoms. The normalized spacial score (nSPS) is 18.0. The summed E-state index contributed by atoms with van der Waals surface area (Å²) in [4.78, 5) is 28.9. The van der Waals surface area contributed by atoms with E-state index in [0.29, 0.717) is 25.1 Å². The minimum absolute atomic E-state index is 0.00512. The first-order valence-corrected chi connectivity index (χ1v) is 16.8. The third kappa shape index (κ3) is 8.09. The van der Waals surface area contributed by atoms with E-state index < -0.39 is 37.7 Å². The molecule has 0 aliphatic carbocycles. The Hall–Kier alpha value is -2.93. The highest BCUT2D eigenvalue weighted by Gasteiger charge is 2.46. The largest absolute Gasteiger partial charge is 0.486 e. The number of carboxylic acid groups (broad SMARTS) is 1. The quantitative estimate of drug-likeness (QED) is 0.260. The van der Waals surface area contributed by atoms with Crippen molar-refractivity contribution in [3.8, 4) is 16.9 Å². The summed E-state index contributed by atoms with van der Waals surface area (Å²) in [6, 6.07) is 5.78. The van der Waals surface area contributed by atoms with Crippen LogP contribution in [0, 0.1) is 0 Å². The number of aromatic nitrogens is 2. The van der Waals surface area contributed by atoms with Crippen molar-refractivity contribution in [2.24, 2.45) is 5.90 Å². The second kappa shape index (κ2) is 12.1. The maximum absolute atomic E-state index is 12.4. The number of nitrogens with one attached hydrogen (secondary N) is 1. The minimum Gasteiger partial charge on any atom is -0.486 e. The number of rotatable bonds is 10. The summed E-state index contributed by atoms with van der Waals surface area (Å²) in [5, 5.41) is 17.0. The molecule has 3 atom stereocenters. The van der Waals surface area contributed by atoms with Gasteiger partial charge in [-0.15, -0.1) is 0 Å². The van der Waals surface area contributed by atoms with E-state index in [4.69, 9.17) is 24.6 Å². The molecule has 41 heavy (non-hydrogen) atoms. The number of nitrogens with zero attached hydrogens (tertiary/aromatic N) is 2. The minimum atomic E-state index is -2.14. The van der Waals surface area contributed by atoms with E-state index in [1.54, 1.807) is 6.20 Å². The van der Waals surface area contributed by atoms with Crippen LogP contribution in [0.15, 0.2) is 30.6 Å². The number of fused-ring (bicyclic) bond motifs is 1. The fraction of sp³-hybridized carbons (Fsp3) is 0.621. The van der Waals surface area contributed by atoms with Crippen LogP contribution in [0.5, 0.6) is 5.75 Å². The van der Waals surface area contributed by atoms with Gasteiger partial charge in [-0.1, -0.05) is 26.8 Å². The van der Waals surface area contributed by atoms with Crippen LogP contribution in [0.25, 0.3) is 11.1 Å². The Morgan fingerprint density at radius 2 is 1.88 bits per heavy atom. The molecule has 1 amide bonds. The van der Waals surface area contributed by atoms with Gasteiger partial charge in [0.05, 0.1) is 18.8 Å². The number of nitrogens with two attached hydrogens (primary N) is 1. The lowest BCUT2D eigenvalue weighted by Crippen LogP contribution is -2.54. The lowest BCUT2D eigenvalue weighted by Gasteiger charge is -2.39. The van der Waals surface area contributed by atoms with Crippen molar-refractivity contribution >= 4 is 20.4 Å². The van der Waals surface area contributed by atoms with Gasteiger partial charge in [0, 0.05) is 18.3 Å². The molecule has 3 rings (SSSR count). The lowest BCUT2D eigenvalue weighted by molar-refractivity contribution is -0.179. The fourth-order valence-electron chi connectivity index (χ4n) is 4.29. The number of carbonyl (C=O) groups is 2. The van der Waals surface area contributed by atoms with Gasteiger partial charge in [-0.3, -0.25) is 9.52 Å². The monoisotopic (exact) mass is 590 g/mol. The van der Waals surface area contributed by atoms with Gasteiger partial charge in [0.1, 0.15) is 17.5 Å². The Morgan fingerprint density at radius 1 is 1.20 bits per heavy atom. The van der Waals surface area contributed by atoms with E-state index in [2.05, 4.69) is 44.3 Å². The van der Waals surface area contributed by atoms with Crippen LogP contribution in [-0.4, -0.2) is 65.2 Å². The first-order valence-electron chi connectivity index (χ1n) is 13.9. The molecule has 12 heteroatoms. The van der Waals surface area contributed by atoms with E-state index in [1.807, 2.05) is 49.8 Å². The molecule has 0 saturated carbocycles. The third-order valence-electron chi connectivity index (χ3n) is 7.79. The molecule has 11 nitrogen and oxygen atoms in total. The van der Waals surface area contributed by atoms with E-state index in [0.717, 1.165) is 16.7 Å². The van der Waals surface area contributed by atoms with Crippen LogP contribution < -0.4 is 16.0 Å². The Morgan fingerprint density at radius 3 is 2.46 bits per heavy atom. The Balaban J connectivity index is 1.76. The molecule has 4 N–H and O–H groups in total. The predicted molar refractivity (Wildman–Crippen MR) is 158 cm³/mol. The Bertz CT molecular complexity index is 1230. The number of hydrogen-bond acceptors (Lipinski definition) is 8. The van der Waals surface area contributed by atoms with Gasteiger partial charge in [-0.25, -0.2) is 15.5 Å². The summed E-state index contributed by atoms with van der Waals surface area (Å²) >= 11 is 0. The Labute approximate surface area is 243 Å². The highest BCUT2D eigenvalue weighted by atomic mass is 28.4. The van der Waals surface area contributed by atoms with Crippen molar-refractivity contribution in [3.05, 3.63) is 36.2 Å². The standard InChI is InChI=1S/C29H46N4O7Si/c1-27(2,3)38-26(36)31-16-22(39-41(8,9)28(4,5)6)18-33-17-21(15-32-33)19-10-12-23-20(14-19)11-13-24(37-23)29(7,40-30)25(34)35/h10,12,14-15,17,22,24H,11,13,16,18,30H2,1-9H3,(H,31,36)(H,34,35). The Kier molecular flexibility index (Phi) is 9.63. The second-order valence-corrected chi connectivity index (χ2v) is 18.1. The van der Waals surface area contributed by atoms with Gasteiger partial charge in [0.25, 0.3) is 0 Å². The number of aryl methyl sites for hydroxylation is 1. The van der Waals surface area contributed by atoms with Gasteiger partial charge in [-0.2, -0.15) is 5.10 Å². The van der Waals surface area contributed by atoms with Crippen molar-refractivity contribution < 1.29 is 33.4 Å². The first-order chi connectivity index (χ1) is 18.8. The molecule has 3 unspecified atom stereocenters. The van der Waals surface area contributed by atoms with Crippen molar-refractivity contribution in [1.29, 1.82) is 0 Å². The SMILES string of the molecule is CC(C)(C)OC(=O)NCC(Cn1cc(-c2ccc3c(c2)CCC(C(C)(ON)C(=O)O)O3)cn1)O[Si](C)(C)C(C)(C)C. The van der Waals surface area contributed by atoms with Gasteiger partial charge in [0.2, 0.25) is 5.60 Å². The summed E-state index contributed by atoms with van der Waals surface area (Å²) in [5.74, 6) is 4.74. The molecular formula is C29H46N4O7Si.